The summed E-state index contributed by atoms with van der Waals surface area (Å²) in [6, 6.07) is 12.0. The van der Waals surface area contributed by atoms with Gasteiger partial charge in [0.05, 0.1) is 12.7 Å². The lowest BCUT2D eigenvalue weighted by molar-refractivity contribution is -0.137. The molecule has 5 nitrogen and oxygen atoms in total. The van der Waals surface area contributed by atoms with E-state index in [1.807, 2.05) is 19.1 Å². The Balaban J connectivity index is 0.000000254. The fraction of sp³-hybridized carbons (Fsp3) is 0.333. The number of aromatic hydroxyl groups is 2. The van der Waals surface area contributed by atoms with E-state index in [4.69, 9.17) is 21.0 Å². The molecule has 0 aliphatic carbocycles. The lowest BCUT2D eigenvalue weighted by Gasteiger charge is -2.27. The van der Waals surface area contributed by atoms with Crippen molar-refractivity contribution in [1.29, 1.82) is 0 Å². The first kappa shape index (κ1) is 19.6. The normalized spacial score (nSPS) is 19.0. The van der Waals surface area contributed by atoms with Crippen LogP contribution < -0.4 is 4.74 Å². The Kier molecular flexibility index (Phi) is 7.34. The van der Waals surface area contributed by atoms with Gasteiger partial charge >= 0.3 is 0 Å². The Morgan fingerprint density at radius 2 is 1.88 bits per heavy atom. The third-order valence-electron chi connectivity index (χ3n) is 3.78. The van der Waals surface area contributed by atoms with Crippen molar-refractivity contribution in [3.8, 4) is 29.6 Å². The first-order chi connectivity index (χ1) is 12.5. The summed E-state index contributed by atoms with van der Waals surface area (Å²) in [6.45, 7) is 2.46. The van der Waals surface area contributed by atoms with E-state index in [9.17, 15) is 10.2 Å². The lowest BCUT2D eigenvalue weighted by atomic mass is 10.1. The van der Waals surface area contributed by atoms with Crippen LogP contribution in [0.15, 0.2) is 42.5 Å². The molecular weight excluding hydrogens is 332 g/mol. The Hall–Kier alpha value is -2.68. The number of aryl methyl sites for hydroxylation is 1. The number of terminal acetylenes is 1. The van der Waals surface area contributed by atoms with Gasteiger partial charge in [-0.3, -0.25) is 0 Å². The number of aliphatic hydroxyl groups is 1. The number of phenols is 2. The molecule has 0 spiro atoms. The maximum absolute atomic E-state index is 9.56. The van der Waals surface area contributed by atoms with Gasteiger partial charge in [-0.2, -0.15) is 0 Å². The van der Waals surface area contributed by atoms with Crippen LogP contribution in [-0.4, -0.2) is 34.3 Å². The SMILES string of the molecule is C#CCc1cc(O)cc(OC2CC(O)CCO2)c1.Cc1ccc(O)cc1. The smallest absolute Gasteiger partial charge is 0.202 e. The Morgan fingerprint density at radius 3 is 2.50 bits per heavy atom. The zero-order valence-electron chi connectivity index (χ0n) is 14.8. The molecule has 1 heterocycles. The molecule has 0 amide bonds. The van der Waals surface area contributed by atoms with Gasteiger partial charge in [-0.1, -0.05) is 17.7 Å². The molecule has 3 rings (SSSR count). The summed E-state index contributed by atoms with van der Waals surface area (Å²) in [6.07, 6.45) is 5.85. The molecular formula is C21H24O5. The van der Waals surface area contributed by atoms with Crippen molar-refractivity contribution < 1.29 is 24.8 Å². The first-order valence-corrected chi connectivity index (χ1v) is 8.44. The molecule has 0 bridgehead atoms. The zero-order valence-corrected chi connectivity index (χ0v) is 14.8. The minimum atomic E-state index is -0.478. The average molecular weight is 356 g/mol. The molecule has 1 saturated heterocycles. The van der Waals surface area contributed by atoms with Crippen molar-refractivity contribution in [3.63, 3.8) is 0 Å². The maximum Gasteiger partial charge on any atom is 0.202 e. The van der Waals surface area contributed by atoms with Crippen molar-refractivity contribution in [2.45, 2.75) is 38.6 Å². The molecule has 2 aromatic rings. The molecule has 5 heteroatoms. The van der Waals surface area contributed by atoms with Crippen molar-refractivity contribution >= 4 is 0 Å². The minimum Gasteiger partial charge on any atom is -0.508 e. The molecule has 2 atom stereocenters. The van der Waals surface area contributed by atoms with Crippen LogP contribution in [0, 0.1) is 19.3 Å². The van der Waals surface area contributed by atoms with Crippen molar-refractivity contribution in [2.24, 2.45) is 0 Å². The van der Waals surface area contributed by atoms with E-state index in [1.165, 1.54) is 11.6 Å². The van der Waals surface area contributed by atoms with Crippen molar-refractivity contribution in [2.75, 3.05) is 6.61 Å². The van der Waals surface area contributed by atoms with Crippen LogP contribution in [0.4, 0.5) is 0 Å². The summed E-state index contributed by atoms with van der Waals surface area (Å²) in [7, 11) is 0. The van der Waals surface area contributed by atoms with Crippen molar-refractivity contribution in [3.05, 3.63) is 53.6 Å². The van der Waals surface area contributed by atoms with E-state index < -0.39 is 12.4 Å². The van der Waals surface area contributed by atoms with Crippen LogP contribution in [0.1, 0.15) is 24.0 Å². The highest BCUT2D eigenvalue weighted by molar-refractivity contribution is 5.39. The quantitative estimate of drug-likeness (QED) is 0.737. The topological polar surface area (TPSA) is 79.2 Å². The van der Waals surface area contributed by atoms with E-state index in [2.05, 4.69) is 5.92 Å². The monoisotopic (exact) mass is 356 g/mol. The maximum atomic E-state index is 9.56. The van der Waals surface area contributed by atoms with Gasteiger partial charge in [-0.15, -0.1) is 12.3 Å². The van der Waals surface area contributed by atoms with Gasteiger partial charge in [0.15, 0.2) is 0 Å². The second-order valence-electron chi connectivity index (χ2n) is 6.15. The van der Waals surface area contributed by atoms with E-state index in [-0.39, 0.29) is 5.75 Å². The summed E-state index contributed by atoms with van der Waals surface area (Å²) in [5, 5.41) is 27.8. The number of hydrogen-bond donors (Lipinski definition) is 3. The fourth-order valence-corrected chi connectivity index (χ4v) is 2.45. The van der Waals surface area contributed by atoms with Crippen LogP contribution in [-0.2, 0) is 11.2 Å². The minimum absolute atomic E-state index is 0.106. The fourth-order valence-electron chi connectivity index (χ4n) is 2.45. The summed E-state index contributed by atoms with van der Waals surface area (Å²) in [5.41, 5.74) is 1.98. The molecule has 0 saturated carbocycles. The number of hydrogen-bond acceptors (Lipinski definition) is 5. The molecule has 0 aromatic heterocycles. The number of aliphatic hydroxyl groups excluding tert-OH is 1. The molecule has 2 unspecified atom stereocenters. The van der Waals surface area contributed by atoms with Crippen LogP contribution in [0.2, 0.25) is 0 Å². The van der Waals surface area contributed by atoms with Crippen LogP contribution in [0.25, 0.3) is 0 Å². The second-order valence-corrected chi connectivity index (χ2v) is 6.15. The van der Waals surface area contributed by atoms with E-state index >= 15 is 0 Å². The van der Waals surface area contributed by atoms with E-state index in [1.54, 1.807) is 24.3 Å². The summed E-state index contributed by atoms with van der Waals surface area (Å²) < 4.78 is 11.0. The summed E-state index contributed by atoms with van der Waals surface area (Å²) in [4.78, 5) is 0. The molecule has 1 aliphatic rings. The van der Waals surface area contributed by atoms with Crippen molar-refractivity contribution in [1.82, 2.24) is 0 Å². The van der Waals surface area contributed by atoms with Gasteiger partial charge in [-0.25, -0.2) is 0 Å². The molecule has 138 valence electrons. The second kappa shape index (κ2) is 9.71. The van der Waals surface area contributed by atoms with Gasteiger partial charge in [-0.05, 0) is 43.2 Å². The molecule has 0 radical (unpaired) electrons. The number of rotatable bonds is 3. The van der Waals surface area contributed by atoms with E-state index in [0.29, 0.717) is 37.4 Å². The van der Waals surface area contributed by atoms with Gasteiger partial charge in [0, 0.05) is 18.9 Å². The van der Waals surface area contributed by atoms with Crippen LogP contribution in [0.3, 0.4) is 0 Å². The van der Waals surface area contributed by atoms with Crippen LogP contribution >= 0.6 is 0 Å². The van der Waals surface area contributed by atoms with Gasteiger partial charge in [0.25, 0.3) is 0 Å². The highest BCUT2D eigenvalue weighted by Gasteiger charge is 2.22. The van der Waals surface area contributed by atoms with Gasteiger partial charge in [0.1, 0.15) is 17.2 Å². The average Bonchev–Trinajstić information content (AvgIpc) is 2.58. The molecule has 3 N–H and O–H groups in total. The molecule has 2 aromatic carbocycles. The predicted octanol–water partition coefficient (Wildman–Crippen LogP) is 3.14. The Bertz CT molecular complexity index is 712. The van der Waals surface area contributed by atoms with E-state index in [0.717, 1.165) is 5.56 Å². The third-order valence-corrected chi connectivity index (χ3v) is 3.78. The largest absolute Gasteiger partial charge is 0.508 e. The third kappa shape index (κ3) is 6.67. The number of ether oxygens (including phenoxy) is 2. The molecule has 26 heavy (non-hydrogen) atoms. The summed E-state index contributed by atoms with van der Waals surface area (Å²) >= 11 is 0. The Labute approximate surface area is 153 Å². The van der Waals surface area contributed by atoms with Crippen LogP contribution in [0.5, 0.6) is 17.2 Å². The predicted molar refractivity (Wildman–Crippen MR) is 99.1 cm³/mol. The van der Waals surface area contributed by atoms with Gasteiger partial charge < -0.3 is 24.8 Å². The zero-order chi connectivity index (χ0) is 18.9. The number of phenolic OH excluding ortho intramolecular Hbond substituents is 2. The summed E-state index contributed by atoms with van der Waals surface area (Å²) in [5.74, 6) is 3.45. The first-order valence-electron chi connectivity index (χ1n) is 8.44. The standard InChI is InChI=1S/C14H16O4.C7H8O/c1-2-3-10-6-12(16)8-13(7-10)18-14-9-11(15)4-5-17-14;1-6-2-4-7(8)5-3-6/h1,6-8,11,14-16H,3-5,9H2;2-5,8H,1H3. The molecule has 1 fully saturated rings. The lowest BCUT2D eigenvalue weighted by Crippen LogP contribution is -2.32. The number of benzene rings is 2. The highest BCUT2D eigenvalue weighted by Crippen LogP contribution is 2.25. The molecule has 1 aliphatic heterocycles. The van der Waals surface area contributed by atoms with Gasteiger partial charge in [0.2, 0.25) is 6.29 Å². The highest BCUT2D eigenvalue weighted by atomic mass is 16.7. The Morgan fingerprint density at radius 1 is 1.15 bits per heavy atom.